The van der Waals surface area contributed by atoms with E-state index in [9.17, 15) is 0 Å². The van der Waals surface area contributed by atoms with Crippen molar-refractivity contribution in [3.8, 4) is 0 Å². The first-order valence-electron chi connectivity index (χ1n) is 0.698. The van der Waals surface area contributed by atoms with Gasteiger partial charge in [-0.05, 0) is 0 Å². The first-order valence-corrected chi connectivity index (χ1v) is 2.10. The minimum absolute atomic E-state index is 0. The summed E-state index contributed by atoms with van der Waals surface area (Å²) in [5.74, 6) is 0. The van der Waals surface area contributed by atoms with Gasteiger partial charge in [0.15, 0.2) is 0 Å². The fourth-order valence-electron chi connectivity index (χ4n) is 0. The van der Waals surface area contributed by atoms with Crippen LogP contribution in [0.4, 0.5) is 0 Å². The molecule has 0 aliphatic heterocycles. The summed E-state index contributed by atoms with van der Waals surface area (Å²) in [4.78, 5) is 0. The smallest absolute Gasteiger partial charge is 1.00 e. The summed E-state index contributed by atoms with van der Waals surface area (Å²) in [5, 5.41) is 0. The Balaban J connectivity index is -0.00000000533. The maximum Gasteiger partial charge on any atom is 2.00 e. The molecule has 0 fully saturated rings. The molecule has 0 aliphatic rings. The molecule has 0 heterocycles. The van der Waals surface area contributed by atoms with Gasteiger partial charge in [0.25, 0.3) is 0 Å². The van der Waals surface area contributed by atoms with E-state index in [-0.39, 0.29) is 42.3 Å². The van der Waals surface area contributed by atoms with Crippen LogP contribution in [0.3, 0.4) is 0 Å². The van der Waals surface area contributed by atoms with Gasteiger partial charge in [0.1, 0.15) is 0 Å². The van der Waals surface area contributed by atoms with Gasteiger partial charge in [-0.15, -0.1) is 0 Å². The monoisotopic (exact) mass is 178 g/mol. The minimum Gasteiger partial charge on any atom is -1.00 e. The second kappa shape index (κ2) is 11.3. The Kier molecular flexibility index (Phi) is 42.6. The van der Waals surface area contributed by atoms with Crippen molar-refractivity contribution in [2.45, 2.75) is 0 Å². The molecule has 0 atom stereocenters. The van der Waals surface area contributed by atoms with Gasteiger partial charge in [-0.1, -0.05) is 0 Å². The third-order valence-electron chi connectivity index (χ3n) is 0. The van der Waals surface area contributed by atoms with Crippen LogP contribution in [-0.4, -0.2) is 57.0 Å². The summed E-state index contributed by atoms with van der Waals surface area (Å²) in [6, 6.07) is 0. The summed E-state index contributed by atoms with van der Waals surface area (Å²) < 4.78 is 31.6. The van der Waals surface area contributed by atoms with E-state index in [1.54, 1.807) is 0 Å². The molecule has 0 unspecified atom stereocenters. The van der Waals surface area contributed by atoms with Crippen LogP contribution in [0.25, 0.3) is 0 Å². The van der Waals surface area contributed by atoms with Gasteiger partial charge >= 0.3 is 33.5 Å². The van der Waals surface area contributed by atoms with Crippen LogP contribution in [0.5, 0.6) is 0 Å². The second-order valence-corrected chi connectivity index (χ2v) is 1.34. The largest absolute Gasteiger partial charge is 2.00 e. The standard InChI is InChI=1S/Mg.H2O4S.3H2O.2H/c;1-5(2,3)4;;;;;/h;(H2,1,2,3,4);3*1H2;;/q+2;;;;;2*-1. The van der Waals surface area contributed by atoms with Gasteiger partial charge in [-0.2, -0.15) is 8.42 Å². The second-order valence-electron chi connectivity index (χ2n) is 0.448. The number of rotatable bonds is 0. The van der Waals surface area contributed by atoms with Crippen molar-refractivity contribution >= 4 is 33.5 Å². The maximum atomic E-state index is 8.74. The normalized spacial score (nSPS) is 6.44. The van der Waals surface area contributed by atoms with Gasteiger partial charge in [-0.3, -0.25) is 9.11 Å². The van der Waals surface area contributed by atoms with E-state index in [4.69, 9.17) is 17.5 Å². The summed E-state index contributed by atoms with van der Waals surface area (Å²) >= 11 is 0. The van der Waals surface area contributed by atoms with Crippen molar-refractivity contribution in [3.63, 3.8) is 0 Å². The van der Waals surface area contributed by atoms with Gasteiger partial charge < -0.3 is 19.3 Å². The van der Waals surface area contributed by atoms with Crippen LogP contribution >= 0.6 is 0 Å². The van der Waals surface area contributed by atoms with E-state index >= 15 is 0 Å². The minimum atomic E-state index is -4.67. The van der Waals surface area contributed by atoms with Gasteiger partial charge in [0.05, 0.1) is 0 Å². The summed E-state index contributed by atoms with van der Waals surface area (Å²) in [6.45, 7) is 0. The molecule has 8 N–H and O–H groups in total. The predicted octanol–water partition coefficient (Wildman–Crippen LogP) is -3.28. The van der Waals surface area contributed by atoms with Crippen molar-refractivity contribution in [1.82, 2.24) is 0 Å². The molecular weight excluding hydrogens is 168 g/mol. The SMILES string of the molecule is O.O.O.O=S(=O)(O)O.[H-].[H-].[Mg+2]. The molecule has 9 heavy (non-hydrogen) atoms. The van der Waals surface area contributed by atoms with Gasteiger partial charge in [0, 0.05) is 0 Å². The average Bonchev–Trinajstić information content (AvgIpc) is 0.722. The predicted molar refractivity (Wildman–Crippen MR) is 33.0 cm³/mol. The van der Waals surface area contributed by atoms with Crippen molar-refractivity contribution < 1.29 is 36.8 Å². The Morgan fingerprint density at radius 2 is 1.00 bits per heavy atom. The van der Waals surface area contributed by atoms with E-state index in [0.717, 1.165) is 0 Å². The Morgan fingerprint density at radius 1 is 1.00 bits per heavy atom. The zero-order chi connectivity index (χ0) is 4.50. The van der Waals surface area contributed by atoms with E-state index in [2.05, 4.69) is 0 Å². The third-order valence-corrected chi connectivity index (χ3v) is 0. The van der Waals surface area contributed by atoms with Crippen LogP contribution in [0.15, 0.2) is 0 Å². The van der Waals surface area contributed by atoms with Gasteiger partial charge in [0.2, 0.25) is 0 Å². The fourth-order valence-corrected chi connectivity index (χ4v) is 0. The molecule has 0 aromatic rings. The van der Waals surface area contributed by atoms with Crippen LogP contribution in [0.2, 0.25) is 0 Å². The summed E-state index contributed by atoms with van der Waals surface area (Å²) in [6.07, 6.45) is 0. The van der Waals surface area contributed by atoms with Gasteiger partial charge in [-0.25, -0.2) is 0 Å². The zero-order valence-electron chi connectivity index (χ0n) is 6.33. The van der Waals surface area contributed by atoms with E-state index in [1.165, 1.54) is 0 Å². The van der Waals surface area contributed by atoms with Crippen LogP contribution in [0.1, 0.15) is 2.85 Å². The molecule has 0 radical (unpaired) electrons. The number of hydrogen-bond acceptors (Lipinski definition) is 2. The molecule has 0 saturated heterocycles. The van der Waals surface area contributed by atoms with Crippen molar-refractivity contribution in [3.05, 3.63) is 0 Å². The van der Waals surface area contributed by atoms with Crippen LogP contribution < -0.4 is 0 Å². The van der Waals surface area contributed by atoms with Crippen LogP contribution in [0, 0.1) is 0 Å². The van der Waals surface area contributed by atoms with Crippen molar-refractivity contribution in [2.24, 2.45) is 0 Å². The average molecular weight is 178 g/mol. The Hall–Kier alpha value is 0.516. The quantitative estimate of drug-likeness (QED) is 0.293. The molecule has 9 heteroatoms. The molecular formula is H10MgO7S. The summed E-state index contributed by atoms with van der Waals surface area (Å²) in [7, 11) is -4.67. The molecule has 0 saturated carbocycles. The van der Waals surface area contributed by atoms with E-state index in [0.29, 0.717) is 0 Å². The molecule has 0 spiro atoms. The molecule has 0 rings (SSSR count). The molecule has 0 aromatic carbocycles. The van der Waals surface area contributed by atoms with Crippen LogP contribution in [-0.2, 0) is 10.4 Å². The third kappa shape index (κ3) is 1360. The van der Waals surface area contributed by atoms with Crippen molar-refractivity contribution in [2.75, 3.05) is 0 Å². The molecule has 0 bridgehead atoms. The summed E-state index contributed by atoms with van der Waals surface area (Å²) in [5.41, 5.74) is 0. The molecule has 7 nitrogen and oxygen atoms in total. The first kappa shape index (κ1) is 33.8. The maximum absolute atomic E-state index is 8.74. The van der Waals surface area contributed by atoms with E-state index < -0.39 is 10.4 Å². The Morgan fingerprint density at radius 3 is 1.00 bits per heavy atom. The molecule has 0 aliphatic carbocycles. The topological polar surface area (TPSA) is 169 Å². The van der Waals surface area contributed by atoms with Crippen molar-refractivity contribution in [1.29, 1.82) is 0 Å². The molecule has 0 amide bonds. The fraction of sp³-hybridized carbons (Fsp3) is 0. The molecule has 0 aromatic heterocycles. The zero-order valence-corrected chi connectivity index (χ0v) is 6.56. The Labute approximate surface area is 70.7 Å². The van der Waals surface area contributed by atoms with E-state index in [1.807, 2.05) is 0 Å². The first-order chi connectivity index (χ1) is 2.00. The molecule has 60 valence electrons. The number of hydrogen-bond donors (Lipinski definition) is 2. The Bertz CT molecular complexity index is 99.6.